The number of amides is 2. The van der Waals surface area contributed by atoms with Crippen LogP contribution >= 0.6 is 11.6 Å². The molecule has 8 heteroatoms. The van der Waals surface area contributed by atoms with Gasteiger partial charge in [-0.05, 0) is 29.8 Å². The molecule has 1 aliphatic heterocycles. The SMILES string of the molecule is O=C(NC(C(=O)N1CCC(Oc2cccnc2)C1)c1ccccc1)c1ccc2c(Cl)c[nH]c2c1. The first-order chi connectivity index (χ1) is 16.6. The van der Waals surface area contributed by atoms with Gasteiger partial charge in [0.15, 0.2) is 0 Å². The number of nitrogens with one attached hydrogen (secondary N) is 2. The third-order valence-corrected chi connectivity index (χ3v) is 6.26. The van der Waals surface area contributed by atoms with Gasteiger partial charge in [0, 0.05) is 41.8 Å². The number of pyridine rings is 1. The van der Waals surface area contributed by atoms with Gasteiger partial charge in [-0.3, -0.25) is 14.6 Å². The van der Waals surface area contributed by atoms with E-state index in [1.807, 2.05) is 42.5 Å². The summed E-state index contributed by atoms with van der Waals surface area (Å²) in [4.78, 5) is 35.6. The van der Waals surface area contributed by atoms with Crippen LogP contribution in [0.4, 0.5) is 0 Å². The second kappa shape index (κ2) is 9.57. The highest BCUT2D eigenvalue weighted by molar-refractivity contribution is 6.35. The highest BCUT2D eigenvalue weighted by atomic mass is 35.5. The predicted molar refractivity (Wildman–Crippen MR) is 130 cm³/mol. The number of halogens is 1. The van der Waals surface area contributed by atoms with Crippen LogP contribution in [0.3, 0.4) is 0 Å². The van der Waals surface area contributed by atoms with Gasteiger partial charge in [0.2, 0.25) is 5.91 Å². The van der Waals surface area contributed by atoms with Crippen molar-refractivity contribution in [1.29, 1.82) is 0 Å². The van der Waals surface area contributed by atoms with Gasteiger partial charge in [-0.1, -0.05) is 48.0 Å². The van der Waals surface area contributed by atoms with Crippen LogP contribution in [-0.4, -0.2) is 45.9 Å². The van der Waals surface area contributed by atoms with Crippen molar-refractivity contribution < 1.29 is 14.3 Å². The minimum absolute atomic E-state index is 0.125. The molecule has 0 aliphatic carbocycles. The Kier molecular flexibility index (Phi) is 6.18. The van der Waals surface area contributed by atoms with Crippen LogP contribution in [0.5, 0.6) is 5.75 Å². The van der Waals surface area contributed by atoms with E-state index in [-0.39, 0.29) is 17.9 Å². The monoisotopic (exact) mass is 474 g/mol. The van der Waals surface area contributed by atoms with Gasteiger partial charge in [-0.2, -0.15) is 0 Å². The van der Waals surface area contributed by atoms with Gasteiger partial charge in [0.1, 0.15) is 17.9 Å². The zero-order chi connectivity index (χ0) is 23.5. The standard InChI is InChI=1S/C26H23ClN4O3/c27-22-15-29-23-13-18(8-9-21(22)23)25(32)30-24(17-5-2-1-3-6-17)26(33)31-12-10-20(16-31)34-19-7-4-11-28-14-19/h1-9,11,13-15,20,24,29H,10,12,16H2,(H,30,32). The van der Waals surface area contributed by atoms with Crippen LogP contribution in [0, 0.1) is 0 Å². The van der Waals surface area contributed by atoms with Crippen LogP contribution in [0.1, 0.15) is 28.4 Å². The highest BCUT2D eigenvalue weighted by Crippen LogP contribution is 2.25. The minimum atomic E-state index is -0.811. The van der Waals surface area contributed by atoms with Gasteiger partial charge in [-0.25, -0.2) is 0 Å². The summed E-state index contributed by atoms with van der Waals surface area (Å²) in [6.07, 6.45) is 5.61. The number of carbonyl (C=O) groups excluding carboxylic acids is 2. The maximum atomic E-state index is 13.5. The molecular weight excluding hydrogens is 452 g/mol. The third-order valence-electron chi connectivity index (χ3n) is 5.94. The van der Waals surface area contributed by atoms with Gasteiger partial charge >= 0.3 is 0 Å². The summed E-state index contributed by atoms with van der Waals surface area (Å²) in [5.41, 5.74) is 1.93. The Bertz CT molecular complexity index is 1310. The van der Waals surface area contributed by atoms with E-state index in [0.717, 1.165) is 16.5 Å². The lowest BCUT2D eigenvalue weighted by atomic mass is 10.0. The van der Waals surface area contributed by atoms with E-state index < -0.39 is 6.04 Å². The number of nitrogens with zero attached hydrogens (tertiary/aromatic N) is 2. The average molecular weight is 475 g/mol. The molecule has 5 rings (SSSR count). The number of likely N-dealkylation sites (tertiary alicyclic amines) is 1. The fraction of sp³-hybridized carbons (Fsp3) is 0.192. The number of rotatable bonds is 6. The molecule has 1 fully saturated rings. The Morgan fingerprint density at radius 1 is 1.15 bits per heavy atom. The van der Waals surface area contributed by atoms with Crippen molar-refractivity contribution in [2.24, 2.45) is 0 Å². The Balaban J connectivity index is 1.33. The van der Waals surface area contributed by atoms with E-state index in [1.165, 1.54) is 0 Å². The summed E-state index contributed by atoms with van der Waals surface area (Å²) in [5, 5.41) is 4.37. The number of fused-ring (bicyclic) bond motifs is 1. The molecule has 3 heterocycles. The molecule has 1 aliphatic rings. The van der Waals surface area contributed by atoms with E-state index in [0.29, 0.717) is 35.8 Å². The first-order valence-corrected chi connectivity index (χ1v) is 11.4. The number of H-pyrrole nitrogens is 1. The van der Waals surface area contributed by atoms with E-state index in [9.17, 15) is 9.59 Å². The van der Waals surface area contributed by atoms with Gasteiger partial charge in [0.05, 0.1) is 17.8 Å². The Morgan fingerprint density at radius 2 is 2.00 bits per heavy atom. The van der Waals surface area contributed by atoms with Crippen LogP contribution in [0.2, 0.25) is 5.02 Å². The third kappa shape index (κ3) is 4.61. The molecule has 2 atom stereocenters. The van der Waals surface area contributed by atoms with E-state index in [1.54, 1.807) is 41.7 Å². The Morgan fingerprint density at radius 3 is 2.79 bits per heavy atom. The quantitative estimate of drug-likeness (QED) is 0.434. The lowest BCUT2D eigenvalue weighted by Crippen LogP contribution is -2.42. The number of hydrogen-bond donors (Lipinski definition) is 2. The summed E-state index contributed by atoms with van der Waals surface area (Å²) >= 11 is 6.15. The molecule has 34 heavy (non-hydrogen) atoms. The van der Waals surface area contributed by atoms with Crippen LogP contribution in [0.25, 0.3) is 10.9 Å². The van der Waals surface area contributed by atoms with Crippen LogP contribution in [-0.2, 0) is 4.79 Å². The number of aromatic amines is 1. The smallest absolute Gasteiger partial charge is 0.252 e. The number of aromatic nitrogens is 2. The largest absolute Gasteiger partial charge is 0.487 e. The van der Waals surface area contributed by atoms with Crippen molar-refractivity contribution in [2.75, 3.05) is 13.1 Å². The summed E-state index contributed by atoms with van der Waals surface area (Å²) < 4.78 is 5.98. The molecule has 1 saturated heterocycles. The zero-order valence-corrected chi connectivity index (χ0v) is 19.0. The molecule has 0 bridgehead atoms. The van der Waals surface area contributed by atoms with Gasteiger partial charge in [0.25, 0.3) is 5.91 Å². The topological polar surface area (TPSA) is 87.3 Å². The maximum absolute atomic E-state index is 13.5. The first-order valence-electron chi connectivity index (χ1n) is 11.1. The zero-order valence-electron chi connectivity index (χ0n) is 18.3. The molecule has 2 aromatic heterocycles. The van der Waals surface area contributed by atoms with Crippen molar-refractivity contribution in [3.8, 4) is 5.75 Å². The molecular formula is C26H23ClN4O3. The number of carbonyl (C=O) groups is 2. The fourth-order valence-electron chi connectivity index (χ4n) is 4.20. The molecule has 2 unspecified atom stereocenters. The highest BCUT2D eigenvalue weighted by Gasteiger charge is 2.33. The summed E-state index contributed by atoms with van der Waals surface area (Å²) in [7, 11) is 0. The molecule has 0 spiro atoms. The van der Waals surface area contributed by atoms with E-state index in [2.05, 4.69) is 15.3 Å². The molecule has 2 N–H and O–H groups in total. The van der Waals surface area contributed by atoms with E-state index >= 15 is 0 Å². The minimum Gasteiger partial charge on any atom is -0.487 e. The first kappa shape index (κ1) is 22.0. The summed E-state index contributed by atoms with van der Waals surface area (Å²) in [5.74, 6) is 0.174. The maximum Gasteiger partial charge on any atom is 0.252 e. The fourth-order valence-corrected chi connectivity index (χ4v) is 4.42. The van der Waals surface area contributed by atoms with Crippen molar-refractivity contribution >= 4 is 34.3 Å². The van der Waals surface area contributed by atoms with Crippen LogP contribution in [0.15, 0.2) is 79.3 Å². The Labute approximate surface area is 201 Å². The molecule has 7 nitrogen and oxygen atoms in total. The lowest BCUT2D eigenvalue weighted by molar-refractivity contribution is -0.132. The average Bonchev–Trinajstić information content (AvgIpc) is 3.49. The number of benzene rings is 2. The lowest BCUT2D eigenvalue weighted by Gasteiger charge is -2.25. The van der Waals surface area contributed by atoms with Gasteiger partial charge < -0.3 is 19.9 Å². The molecule has 0 saturated carbocycles. The molecule has 0 radical (unpaired) electrons. The molecule has 172 valence electrons. The number of ether oxygens (including phenoxy) is 1. The number of hydrogen-bond acceptors (Lipinski definition) is 4. The van der Waals surface area contributed by atoms with Crippen molar-refractivity contribution in [3.63, 3.8) is 0 Å². The molecule has 2 amide bonds. The summed E-state index contributed by atoms with van der Waals surface area (Å²) in [6, 6.07) is 17.4. The van der Waals surface area contributed by atoms with Crippen molar-refractivity contribution in [1.82, 2.24) is 20.2 Å². The molecule has 2 aromatic carbocycles. The molecule has 4 aromatic rings. The van der Waals surface area contributed by atoms with Gasteiger partial charge in [-0.15, -0.1) is 0 Å². The van der Waals surface area contributed by atoms with Crippen molar-refractivity contribution in [2.45, 2.75) is 18.6 Å². The van der Waals surface area contributed by atoms with E-state index in [4.69, 9.17) is 16.3 Å². The second-order valence-electron chi connectivity index (χ2n) is 8.22. The van der Waals surface area contributed by atoms with Crippen molar-refractivity contribution in [3.05, 3.63) is 95.4 Å². The van der Waals surface area contributed by atoms with Crippen LogP contribution < -0.4 is 10.1 Å². The Hall–Kier alpha value is -3.84. The second-order valence-corrected chi connectivity index (χ2v) is 8.62. The normalized spacial score (nSPS) is 16.4. The predicted octanol–water partition coefficient (Wildman–Crippen LogP) is 4.37. The summed E-state index contributed by atoms with van der Waals surface area (Å²) in [6.45, 7) is 0.996.